The number of nitrogens with zero attached hydrogens (tertiary/aromatic N) is 1. The SMILES string of the molecule is CNC(Cc1ncc(C)c(OC)c1C)c1cccc(F)c1. The molecule has 1 unspecified atom stereocenters. The zero-order valence-corrected chi connectivity index (χ0v) is 12.9. The monoisotopic (exact) mass is 288 g/mol. The van der Waals surface area contributed by atoms with E-state index in [0.29, 0.717) is 6.42 Å². The predicted molar refractivity (Wildman–Crippen MR) is 82.2 cm³/mol. The van der Waals surface area contributed by atoms with Crippen molar-refractivity contribution in [2.24, 2.45) is 0 Å². The molecule has 0 spiro atoms. The van der Waals surface area contributed by atoms with Gasteiger partial charge in [0.15, 0.2) is 0 Å². The fourth-order valence-electron chi connectivity index (χ4n) is 2.58. The molecule has 0 amide bonds. The molecule has 1 heterocycles. The first-order valence-electron chi connectivity index (χ1n) is 6.98. The highest BCUT2D eigenvalue weighted by Crippen LogP contribution is 2.27. The minimum Gasteiger partial charge on any atom is -0.496 e. The van der Waals surface area contributed by atoms with Crippen LogP contribution in [0.25, 0.3) is 0 Å². The van der Waals surface area contributed by atoms with Gasteiger partial charge in [-0.2, -0.15) is 0 Å². The number of benzene rings is 1. The maximum atomic E-state index is 13.4. The number of methoxy groups -OCH3 is 1. The molecular weight excluding hydrogens is 267 g/mol. The van der Waals surface area contributed by atoms with Crippen LogP contribution in [0.1, 0.15) is 28.4 Å². The van der Waals surface area contributed by atoms with Gasteiger partial charge >= 0.3 is 0 Å². The van der Waals surface area contributed by atoms with Crippen LogP contribution in [0.2, 0.25) is 0 Å². The van der Waals surface area contributed by atoms with Gasteiger partial charge in [0.1, 0.15) is 11.6 Å². The van der Waals surface area contributed by atoms with Crippen molar-refractivity contribution in [2.75, 3.05) is 14.2 Å². The molecule has 0 aliphatic rings. The van der Waals surface area contributed by atoms with Crippen molar-refractivity contribution in [1.82, 2.24) is 10.3 Å². The molecule has 0 radical (unpaired) electrons. The Balaban J connectivity index is 2.31. The predicted octanol–water partition coefficient (Wildman–Crippen LogP) is 3.35. The lowest BCUT2D eigenvalue weighted by molar-refractivity contribution is 0.406. The second-order valence-corrected chi connectivity index (χ2v) is 5.15. The number of hydrogen-bond donors (Lipinski definition) is 1. The summed E-state index contributed by atoms with van der Waals surface area (Å²) < 4.78 is 18.8. The maximum absolute atomic E-state index is 13.4. The molecule has 1 atom stereocenters. The number of halogens is 1. The Morgan fingerprint density at radius 3 is 2.71 bits per heavy atom. The molecule has 0 fully saturated rings. The van der Waals surface area contributed by atoms with Gasteiger partial charge in [0.2, 0.25) is 0 Å². The zero-order chi connectivity index (χ0) is 15.4. The van der Waals surface area contributed by atoms with Crippen LogP contribution in [-0.4, -0.2) is 19.1 Å². The fourth-order valence-corrected chi connectivity index (χ4v) is 2.58. The van der Waals surface area contributed by atoms with Crippen LogP contribution in [0, 0.1) is 19.7 Å². The Morgan fingerprint density at radius 1 is 1.33 bits per heavy atom. The average Bonchev–Trinajstić information content (AvgIpc) is 2.47. The highest BCUT2D eigenvalue weighted by molar-refractivity contribution is 5.41. The molecule has 1 aromatic heterocycles. The summed E-state index contributed by atoms with van der Waals surface area (Å²) in [6, 6.07) is 6.67. The van der Waals surface area contributed by atoms with Gasteiger partial charge < -0.3 is 10.1 Å². The molecule has 0 saturated carbocycles. The minimum atomic E-state index is -0.223. The smallest absolute Gasteiger partial charge is 0.128 e. The van der Waals surface area contributed by atoms with E-state index in [-0.39, 0.29) is 11.9 Å². The Hall–Kier alpha value is -1.94. The lowest BCUT2D eigenvalue weighted by Crippen LogP contribution is -2.20. The van der Waals surface area contributed by atoms with E-state index in [9.17, 15) is 4.39 Å². The number of aromatic nitrogens is 1. The Kier molecular flexibility index (Phi) is 4.91. The topological polar surface area (TPSA) is 34.2 Å². The van der Waals surface area contributed by atoms with Gasteiger partial charge in [0.05, 0.1) is 7.11 Å². The van der Waals surface area contributed by atoms with E-state index in [1.807, 2.05) is 33.2 Å². The molecule has 0 saturated heterocycles. The summed E-state index contributed by atoms with van der Waals surface area (Å²) in [5.41, 5.74) is 3.93. The number of rotatable bonds is 5. The first-order valence-corrected chi connectivity index (χ1v) is 6.98. The molecule has 3 nitrogen and oxygen atoms in total. The average molecular weight is 288 g/mol. The second kappa shape index (κ2) is 6.68. The summed E-state index contributed by atoms with van der Waals surface area (Å²) in [7, 11) is 3.54. The Labute approximate surface area is 125 Å². The van der Waals surface area contributed by atoms with Crippen molar-refractivity contribution in [1.29, 1.82) is 0 Å². The van der Waals surface area contributed by atoms with Crippen molar-refractivity contribution in [3.63, 3.8) is 0 Å². The van der Waals surface area contributed by atoms with E-state index < -0.39 is 0 Å². The lowest BCUT2D eigenvalue weighted by atomic mass is 9.98. The summed E-state index contributed by atoms with van der Waals surface area (Å²) in [4.78, 5) is 4.51. The van der Waals surface area contributed by atoms with Crippen LogP contribution in [0.5, 0.6) is 5.75 Å². The van der Waals surface area contributed by atoms with Gasteiger partial charge in [-0.15, -0.1) is 0 Å². The molecule has 2 rings (SSSR count). The number of pyridine rings is 1. The molecule has 112 valence electrons. The van der Waals surface area contributed by atoms with Crippen molar-refractivity contribution < 1.29 is 9.13 Å². The summed E-state index contributed by atoms with van der Waals surface area (Å²) in [5, 5.41) is 3.23. The van der Waals surface area contributed by atoms with Crippen molar-refractivity contribution >= 4 is 0 Å². The van der Waals surface area contributed by atoms with Crippen molar-refractivity contribution in [2.45, 2.75) is 26.3 Å². The Bertz CT molecular complexity index is 628. The number of aryl methyl sites for hydroxylation is 1. The second-order valence-electron chi connectivity index (χ2n) is 5.15. The summed E-state index contributed by atoms with van der Waals surface area (Å²) in [6.45, 7) is 3.98. The summed E-state index contributed by atoms with van der Waals surface area (Å²) in [5.74, 6) is 0.646. The quantitative estimate of drug-likeness (QED) is 0.916. The van der Waals surface area contributed by atoms with Gasteiger partial charge in [-0.1, -0.05) is 12.1 Å². The fraction of sp³-hybridized carbons (Fsp3) is 0.353. The zero-order valence-electron chi connectivity index (χ0n) is 12.9. The van der Waals surface area contributed by atoms with Crippen LogP contribution in [0.4, 0.5) is 4.39 Å². The largest absolute Gasteiger partial charge is 0.496 e. The number of nitrogens with one attached hydrogen (secondary N) is 1. The number of hydrogen-bond acceptors (Lipinski definition) is 3. The first-order chi connectivity index (χ1) is 10.1. The number of ether oxygens (including phenoxy) is 1. The molecule has 21 heavy (non-hydrogen) atoms. The van der Waals surface area contributed by atoms with Crippen LogP contribution in [0.3, 0.4) is 0 Å². The Morgan fingerprint density at radius 2 is 2.10 bits per heavy atom. The molecular formula is C17H21FN2O. The summed E-state index contributed by atoms with van der Waals surface area (Å²) in [6.07, 6.45) is 2.50. The van der Waals surface area contributed by atoms with E-state index in [2.05, 4.69) is 10.3 Å². The normalized spacial score (nSPS) is 12.2. The van der Waals surface area contributed by atoms with E-state index in [4.69, 9.17) is 4.74 Å². The summed E-state index contributed by atoms with van der Waals surface area (Å²) >= 11 is 0. The molecule has 1 N–H and O–H groups in total. The highest BCUT2D eigenvalue weighted by atomic mass is 19.1. The highest BCUT2D eigenvalue weighted by Gasteiger charge is 2.16. The van der Waals surface area contributed by atoms with Gasteiger partial charge in [-0.05, 0) is 38.6 Å². The first kappa shape index (κ1) is 15.4. The van der Waals surface area contributed by atoms with Gasteiger partial charge in [-0.25, -0.2) is 4.39 Å². The standard InChI is InChI=1S/C17H21FN2O/c1-11-10-20-15(12(2)17(11)21-4)9-16(19-3)13-6-5-7-14(18)8-13/h5-8,10,16,19H,9H2,1-4H3. The third-order valence-corrected chi connectivity index (χ3v) is 3.75. The molecule has 4 heteroatoms. The van der Waals surface area contributed by atoms with E-state index in [0.717, 1.165) is 28.1 Å². The number of likely N-dealkylation sites (N-methyl/N-ethyl adjacent to an activating group) is 1. The van der Waals surface area contributed by atoms with E-state index in [1.165, 1.54) is 6.07 Å². The molecule has 2 aromatic rings. The van der Waals surface area contributed by atoms with Crippen molar-refractivity contribution in [3.05, 3.63) is 58.7 Å². The van der Waals surface area contributed by atoms with E-state index >= 15 is 0 Å². The van der Waals surface area contributed by atoms with Gasteiger partial charge in [0.25, 0.3) is 0 Å². The molecule has 0 aliphatic heterocycles. The third kappa shape index (κ3) is 3.39. The van der Waals surface area contributed by atoms with Gasteiger partial charge in [-0.3, -0.25) is 4.98 Å². The maximum Gasteiger partial charge on any atom is 0.128 e. The van der Waals surface area contributed by atoms with Crippen molar-refractivity contribution in [3.8, 4) is 5.75 Å². The molecule has 1 aromatic carbocycles. The van der Waals surface area contributed by atoms with Crippen LogP contribution in [0.15, 0.2) is 30.5 Å². The van der Waals surface area contributed by atoms with E-state index in [1.54, 1.807) is 19.2 Å². The third-order valence-electron chi connectivity index (χ3n) is 3.75. The molecule has 0 aliphatic carbocycles. The lowest BCUT2D eigenvalue weighted by Gasteiger charge is -2.19. The van der Waals surface area contributed by atoms with Crippen LogP contribution in [-0.2, 0) is 6.42 Å². The van der Waals surface area contributed by atoms with Crippen LogP contribution < -0.4 is 10.1 Å². The molecule has 0 bridgehead atoms. The van der Waals surface area contributed by atoms with Crippen LogP contribution >= 0.6 is 0 Å². The minimum absolute atomic E-state index is 0.0133. The van der Waals surface area contributed by atoms with Gasteiger partial charge in [0, 0.05) is 35.5 Å².